The second-order valence-electron chi connectivity index (χ2n) is 2.27. The molecule has 1 nitrogen and oxygen atoms in total. The predicted molar refractivity (Wildman–Crippen MR) is 48.5 cm³/mol. The van der Waals surface area contributed by atoms with Gasteiger partial charge in [-0.25, -0.2) is 4.39 Å². The van der Waals surface area contributed by atoms with Gasteiger partial charge in [-0.15, -0.1) is 0 Å². The van der Waals surface area contributed by atoms with Crippen molar-refractivity contribution in [3.63, 3.8) is 0 Å². The fourth-order valence-corrected chi connectivity index (χ4v) is 0.877. The van der Waals surface area contributed by atoms with E-state index < -0.39 is 5.82 Å². The first-order valence-corrected chi connectivity index (χ1v) is 3.92. The second kappa shape index (κ2) is 4.50. The molecular weight excluding hydrogens is 189 g/mol. The quantitative estimate of drug-likeness (QED) is 0.582. The van der Waals surface area contributed by atoms with Gasteiger partial charge in [0.15, 0.2) is 0 Å². The Kier molecular flexibility index (Phi) is 3.31. The Morgan fingerprint density at radius 2 is 2.23 bits per heavy atom. The number of halogens is 2. The maximum atomic E-state index is 12.8. The first-order valence-electron chi connectivity index (χ1n) is 3.55. The third-order valence-electron chi connectivity index (χ3n) is 1.32. The van der Waals surface area contributed by atoms with Gasteiger partial charge in [-0.2, -0.15) is 5.26 Å². The summed E-state index contributed by atoms with van der Waals surface area (Å²) in [6, 6.07) is 6.16. The first kappa shape index (κ1) is 9.58. The number of hydrogen-bond donors (Lipinski definition) is 0. The number of nitriles is 1. The number of benzene rings is 1. The van der Waals surface area contributed by atoms with E-state index in [2.05, 4.69) is 11.8 Å². The van der Waals surface area contributed by atoms with Gasteiger partial charge >= 0.3 is 0 Å². The Morgan fingerprint density at radius 3 is 2.85 bits per heavy atom. The van der Waals surface area contributed by atoms with E-state index in [4.69, 9.17) is 16.9 Å². The van der Waals surface area contributed by atoms with Crippen molar-refractivity contribution in [2.45, 2.75) is 6.42 Å². The molecule has 0 amide bonds. The number of hydrogen-bond acceptors (Lipinski definition) is 1. The molecule has 0 aliphatic heterocycles. The summed E-state index contributed by atoms with van der Waals surface area (Å²) >= 11 is 5.47. The molecule has 0 fully saturated rings. The Hall–Kier alpha value is -1.51. The molecule has 0 spiro atoms. The van der Waals surface area contributed by atoms with Crippen LogP contribution in [0, 0.1) is 29.0 Å². The van der Waals surface area contributed by atoms with Crippen molar-refractivity contribution in [1.82, 2.24) is 0 Å². The van der Waals surface area contributed by atoms with Crippen LogP contribution in [0.2, 0.25) is 5.02 Å². The highest BCUT2D eigenvalue weighted by molar-refractivity contribution is 6.30. The molecule has 1 aromatic carbocycles. The van der Waals surface area contributed by atoms with Crippen molar-refractivity contribution < 1.29 is 4.39 Å². The predicted octanol–water partition coefficient (Wildman–Crippen LogP) is 2.74. The van der Waals surface area contributed by atoms with E-state index in [1.165, 1.54) is 12.1 Å². The minimum Gasteiger partial charge on any atom is -0.205 e. The molecule has 0 unspecified atom stereocenters. The third kappa shape index (κ3) is 2.78. The summed E-state index contributed by atoms with van der Waals surface area (Å²) in [5.74, 6) is 4.72. The first-order chi connectivity index (χ1) is 6.24. The topological polar surface area (TPSA) is 23.8 Å². The molecule has 0 radical (unpaired) electrons. The van der Waals surface area contributed by atoms with Crippen molar-refractivity contribution in [3.05, 3.63) is 34.6 Å². The smallest absolute Gasteiger partial charge is 0.143 e. The van der Waals surface area contributed by atoms with Crippen molar-refractivity contribution >= 4 is 11.6 Å². The number of rotatable bonds is 0. The minimum absolute atomic E-state index is 0.0748. The highest BCUT2D eigenvalue weighted by Crippen LogP contribution is 2.14. The van der Waals surface area contributed by atoms with Gasteiger partial charge in [-0.3, -0.25) is 0 Å². The van der Waals surface area contributed by atoms with Crippen LogP contribution in [0.4, 0.5) is 4.39 Å². The van der Waals surface area contributed by atoms with E-state index >= 15 is 0 Å². The van der Waals surface area contributed by atoms with Gasteiger partial charge in [0.1, 0.15) is 5.82 Å². The van der Waals surface area contributed by atoms with Crippen LogP contribution in [0.3, 0.4) is 0 Å². The lowest BCUT2D eigenvalue weighted by Gasteiger charge is -1.93. The SMILES string of the molecule is N#CCC#Cc1ccc(Cl)c(F)c1. The molecule has 0 bridgehead atoms. The molecule has 0 heterocycles. The second-order valence-corrected chi connectivity index (χ2v) is 2.67. The van der Waals surface area contributed by atoms with Crippen LogP contribution in [0.15, 0.2) is 18.2 Å². The van der Waals surface area contributed by atoms with E-state index in [9.17, 15) is 4.39 Å². The largest absolute Gasteiger partial charge is 0.205 e. The Morgan fingerprint density at radius 1 is 1.46 bits per heavy atom. The highest BCUT2D eigenvalue weighted by Gasteiger charge is 1.97. The van der Waals surface area contributed by atoms with E-state index in [0.717, 1.165) is 0 Å². The molecule has 1 rings (SSSR count). The molecule has 0 saturated heterocycles. The maximum absolute atomic E-state index is 12.8. The molecule has 0 N–H and O–H groups in total. The molecule has 3 heteroatoms. The Bertz CT molecular complexity index is 409. The summed E-state index contributed by atoms with van der Waals surface area (Å²) in [7, 11) is 0. The van der Waals surface area contributed by atoms with Crippen molar-refractivity contribution in [2.75, 3.05) is 0 Å². The van der Waals surface area contributed by atoms with Crippen molar-refractivity contribution in [2.24, 2.45) is 0 Å². The Labute approximate surface area is 80.8 Å². The van der Waals surface area contributed by atoms with Crippen LogP contribution in [-0.2, 0) is 0 Å². The van der Waals surface area contributed by atoms with Crippen LogP contribution >= 0.6 is 11.6 Å². The average Bonchev–Trinajstić information content (AvgIpc) is 2.12. The molecule has 1 aromatic rings. The van der Waals surface area contributed by atoms with Gasteiger partial charge in [0, 0.05) is 5.56 Å². The summed E-state index contributed by atoms with van der Waals surface area (Å²) in [5.41, 5.74) is 0.525. The van der Waals surface area contributed by atoms with Crippen LogP contribution in [0.25, 0.3) is 0 Å². The lowest BCUT2D eigenvalue weighted by atomic mass is 10.2. The van der Waals surface area contributed by atoms with Crippen LogP contribution in [-0.4, -0.2) is 0 Å². The molecule has 64 valence electrons. The average molecular weight is 194 g/mol. The molecule has 0 aliphatic carbocycles. The van der Waals surface area contributed by atoms with Gasteiger partial charge in [0.2, 0.25) is 0 Å². The summed E-state index contributed by atoms with van der Waals surface area (Å²) in [6.45, 7) is 0. The van der Waals surface area contributed by atoms with Gasteiger partial charge in [0.05, 0.1) is 17.5 Å². The third-order valence-corrected chi connectivity index (χ3v) is 1.63. The monoisotopic (exact) mass is 193 g/mol. The lowest BCUT2D eigenvalue weighted by molar-refractivity contribution is 0.628. The van der Waals surface area contributed by atoms with Crippen LogP contribution in [0.5, 0.6) is 0 Å². The van der Waals surface area contributed by atoms with E-state index in [-0.39, 0.29) is 11.4 Å². The summed E-state index contributed by atoms with van der Waals surface area (Å²) in [5, 5.41) is 8.27. The fraction of sp³-hybridized carbons (Fsp3) is 0.100. The Balaban J connectivity index is 2.89. The lowest BCUT2D eigenvalue weighted by Crippen LogP contribution is -1.79. The molecular formula is C10H5ClFN. The van der Waals surface area contributed by atoms with E-state index in [0.29, 0.717) is 5.56 Å². The summed E-state index contributed by atoms with van der Waals surface area (Å²) in [4.78, 5) is 0. The standard InChI is InChI=1S/C10H5ClFN/c11-9-5-4-8(7-10(9)12)3-1-2-6-13/h4-5,7H,2H2. The zero-order chi connectivity index (χ0) is 9.68. The normalized spacial score (nSPS) is 8.38. The van der Waals surface area contributed by atoms with Gasteiger partial charge in [-0.1, -0.05) is 23.4 Å². The molecule has 0 atom stereocenters. The summed E-state index contributed by atoms with van der Waals surface area (Å²) in [6.07, 6.45) is 0.143. The van der Waals surface area contributed by atoms with Crippen molar-refractivity contribution in [3.8, 4) is 17.9 Å². The minimum atomic E-state index is -0.495. The zero-order valence-corrected chi connectivity index (χ0v) is 7.40. The number of nitrogens with zero attached hydrogens (tertiary/aromatic N) is 1. The molecule has 0 aromatic heterocycles. The van der Waals surface area contributed by atoms with Gasteiger partial charge in [-0.05, 0) is 18.2 Å². The fourth-order valence-electron chi connectivity index (χ4n) is 0.760. The molecule has 13 heavy (non-hydrogen) atoms. The highest BCUT2D eigenvalue weighted by atomic mass is 35.5. The summed E-state index contributed by atoms with van der Waals surface area (Å²) < 4.78 is 12.8. The zero-order valence-electron chi connectivity index (χ0n) is 6.64. The van der Waals surface area contributed by atoms with Crippen LogP contribution in [0.1, 0.15) is 12.0 Å². The van der Waals surface area contributed by atoms with Gasteiger partial charge < -0.3 is 0 Å². The molecule has 0 aliphatic rings. The van der Waals surface area contributed by atoms with Crippen LogP contribution < -0.4 is 0 Å². The molecule has 0 saturated carbocycles. The van der Waals surface area contributed by atoms with Gasteiger partial charge in [0.25, 0.3) is 0 Å². The van der Waals surface area contributed by atoms with E-state index in [1.54, 1.807) is 6.07 Å². The maximum Gasteiger partial charge on any atom is 0.143 e. The van der Waals surface area contributed by atoms with E-state index in [1.807, 2.05) is 6.07 Å². The van der Waals surface area contributed by atoms with Crippen molar-refractivity contribution in [1.29, 1.82) is 5.26 Å².